The van der Waals surface area contributed by atoms with Gasteiger partial charge in [-0.05, 0) is 25.2 Å². The van der Waals surface area contributed by atoms with E-state index in [4.69, 9.17) is 16.3 Å². The van der Waals surface area contributed by atoms with E-state index in [1.807, 2.05) is 0 Å². The van der Waals surface area contributed by atoms with Gasteiger partial charge >= 0.3 is 0 Å². The van der Waals surface area contributed by atoms with Gasteiger partial charge in [0.1, 0.15) is 0 Å². The summed E-state index contributed by atoms with van der Waals surface area (Å²) in [7, 11) is 1.75. The van der Waals surface area contributed by atoms with E-state index in [9.17, 15) is 0 Å². The van der Waals surface area contributed by atoms with Gasteiger partial charge in [-0.3, -0.25) is 0 Å². The van der Waals surface area contributed by atoms with Gasteiger partial charge in [0, 0.05) is 19.6 Å². The molecule has 2 heteroatoms. The molecule has 0 amide bonds. The van der Waals surface area contributed by atoms with Crippen LogP contribution >= 0.6 is 11.6 Å². The van der Waals surface area contributed by atoms with E-state index in [0.29, 0.717) is 5.92 Å². The molecule has 0 N–H and O–H groups in total. The second-order valence-corrected chi connectivity index (χ2v) is 3.25. The summed E-state index contributed by atoms with van der Waals surface area (Å²) in [6.45, 7) is 3.08. The van der Waals surface area contributed by atoms with Crippen LogP contribution in [0.15, 0.2) is 0 Å². The van der Waals surface area contributed by atoms with Crippen LogP contribution in [0.4, 0.5) is 0 Å². The van der Waals surface area contributed by atoms with Gasteiger partial charge in [0.25, 0.3) is 0 Å². The molecule has 11 heavy (non-hydrogen) atoms. The van der Waals surface area contributed by atoms with Crippen molar-refractivity contribution < 1.29 is 4.74 Å². The Bertz CT molecular complexity index is 76.0. The smallest absolute Gasteiger partial charge is 0.0462 e. The van der Waals surface area contributed by atoms with E-state index in [-0.39, 0.29) is 0 Å². The Hall–Kier alpha value is 0.250. The molecule has 0 aromatic carbocycles. The summed E-state index contributed by atoms with van der Waals surface area (Å²) in [5.41, 5.74) is 0. The molecule has 0 aliphatic carbocycles. The number of hydrogen-bond donors (Lipinski definition) is 0. The highest BCUT2D eigenvalue weighted by molar-refractivity contribution is 6.18. The zero-order chi connectivity index (χ0) is 8.53. The zero-order valence-corrected chi connectivity index (χ0v) is 8.36. The van der Waals surface area contributed by atoms with Crippen LogP contribution in [0.1, 0.15) is 32.6 Å². The van der Waals surface area contributed by atoms with Crippen LogP contribution in [0.5, 0.6) is 0 Å². The highest BCUT2D eigenvalue weighted by Gasteiger charge is 2.04. The monoisotopic (exact) mass is 178 g/mol. The third kappa shape index (κ3) is 6.64. The van der Waals surface area contributed by atoms with E-state index in [1.54, 1.807) is 7.11 Å². The Morgan fingerprint density at radius 2 is 2.09 bits per heavy atom. The van der Waals surface area contributed by atoms with Crippen molar-refractivity contribution in [1.82, 2.24) is 0 Å². The lowest BCUT2D eigenvalue weighted by Gasteiger charge is -2.11. The van der Waals surface area contributed by atoms with E-state index < -0.39 is 0 Å². The van der Waals surface area contributed by atoms with Crippen LogP contribution in [0.25, 0.3) is 0 Å². The minimum Gasteiger partial charge on any atom is -0.385 e. The van der Waals surface area contributed by atoms with Gasteiger partial charge in [0.15, 0.2) is 0 Å². The highest BCUT2D eigenvalue weighted by Crippen LogP contribution is 2.14. The maximum absolute atomic E-state index is 5.78. The maximum Gasteiger partial charge on any atom is 0.0462 e. The van der Waals surface area contributed by atoms with Crippen molar-refractivity contribution >= 4 is 11.6 Å². The fourth-order valence-corrected chi connectivity index (χ4v) is 1.53. The summed E-state index contributed by atoms with van der Waals surface area (Å²) in [6, 6.07) is 0. The van der Waals surface area contributed by atoms with Gasteiger partial charge in [-0.25, -0.2) is 0 Å². The lowest BCUT2D eigenvalue weighted by atomic mass is 10.0. The molecule has 0 radical (unpaired) electrons. The van der Waals surface area contributed by atoms with Crippen LogP contribution in [0, 0.1) is 5.92 Å². The van der Waals surface area contributed by atoms with Crippen LogP contribution in [-0.4, -0.2) is 19.6 Å². The van der Waals surface area contributed by atoms with Crippen molar-refractivity contribution in [3.63, 3.8) is 0 Å². The molecule has 1 nitrogen and oxygen atoms in total. The maximum atomic E-state index is 5.78. The lowest BCUT2D eigenvalue weighted by Crippen LogP contribution is -2.03. The quantitative estimate of drug-likeness (QED) is 0.430. The first kappa shape index (κ1) is 11.2. The fraction of sp³-hybridized carbons (Fsp3) is 1.00. The topological polar surface area (TPSA) is 9.23 Å². The molecular formula is C9H19ClO. The van der Waals surface area contributed by atoms with Crippen molar-refractivity contribution in [3.8, 4) is 0 Å². The summed E-state index contributed by atoms with van der Waals surface area (Å²) < 4.78 is 4.97. The van der Waals surface area contributed by atoms with Crippen molar-refractivity contribution in [2.75, 3.05) is 19.6 Å². The number of rotatable bonds is 7. The van der Waals surface area contributed by atoms with Gasteiger partial charge in [-0.15, -0.1) is 11.6 Å². The Labute approximate surface area is 75.1 Å². The molecule has 0 aliphatic heterocycles. The number of hydrogen-bond acceptors (Lipinski definition) is 1. The van der Waals surface area contributed by atoms with Crippen LogP contribution < -0.4 is 0 Å². The molecule has 0 fully saturated rings. The van der Waals surface area contributed by atoms with Gasteiger partial charge in [-0.1, -0.05) is 13.3 Å². The first-order valence-electron chi connectivity index (χ1n) is 4.40. The molecule has 0 saturated carbocycles. The summed E-state index contributed by atoms with van der Waals surface area (Å²) in [6.07, 6.45) is 4.86. The van der Waals surface area contributed by atoms with Crippen LogP contribution in [-0.2, 0) is 4.74 Å². The summed E-state index contributed by atoms with van der Waals surface area (Å²) in [5, 5.41) is 0. The number of halogens is 1. The normalized spacial score (nSPS) is 13.4. The molecule has 1 unspecified atom stereocenters. The van der Waals surface area contributed by atoms with Crippen molar-refractivity contribution in [1.29, 1.82) is 0 Å². The van der Waals surface area contributed by atoms with E-state index >= 15 is 0 Å². The molecule has 0 heterocycles. The molecule has 0 rings (SSSR count). The lowest BCUT2D eigenvalue weighted by molar-refractivity contribution is 0.187. The van der Waals surface area contributed by atoms with E-state index in [1.165, 1.54) is 19.3 Å². The highest BCUT2D eigenvalue weighted by atomic mass is 35.5. The minimum atomic E-state index is 0.705. The van der Waals surface area contributed by atoms with Crippen molar-refractivity contribution in [3.05, 3.63) is 0 Å². The van der Waals surface area contributed by atoms with Crippen LogP contribution in [0.2, 0.25) is 0 Å². The first-order chi connectivity index (χ1) is 5.35. The summed E-state index contributed by atoms with van der Waals surface area (Å²) >= 11 is 5.78. The fourth-order valence-electron chi connectivity index (χ4n) is 1.22. The molecule has 0 spiro atoms. The zero-order valence-electron chi connectivity index (χ0n) is 7.61. The molecule has 0 bridgehead atoms. The second-order valence-electron chi connectivity index (χ2n) is 2.94. The average molecular weight is 179 g/mol. The molecule has 1 atom stereocenters. The predicted molar refractivity (Wildman–Crippen MR) is 50.2 cm³/mol. The first-order valence-corrected chi connectivity index (χ1v) is 4.93. The summed E-state index contributed by atoms with van der Waals surface area (Å²) in [4.78, 5) is 0. The SMILES string of the molecule is CCCC(CCl)CCCOC. The Morgan fingerprint density at radius 3 is 2.55 bits per heavy atom. The molecule has 0 aromatic heterocycles. The second kappa shape index (κ2) is 8.35. The number of ether oxygens (including phenoxy) is 1. The average Bonchev–Trinajstić information content (AvgIpc) is 2.03. The molecule has 0 saturated heterocycles. The van der Waals surface area contributed by atoms with Gasteiger partial charge < -0.3 is 4.74 Å². The summed E-state index contributed by atoms with van der Waals surface area (Å²) in [5.74, 6) is 1.51. The van der Waals surface area contributed by atoms with E-state index in [2.05, 4.69) is 6.92 Å². The van der Waals surface area contributed by atoms with Crippen molar-refractivity contribution in [2.45, 2.75) is 32.6 Å². The number of methoxy groups -OCH3 is 1. The molecular weight excluding hydrogens is 160 g/mol. The standard InChI is InChI=1S/C9H19ClO/c1-3-5-9(8-10)6-4-7-11-2/h9H,3-8H2,1-2H3. The molecule has 68 valence electrons. The minimum absolute atomic E-state index is 0.705. The largest absolute Gasteiger partial charge is 0.385 e. The van der Waals surface area contributed by atoms with Crippen LogP contribution in [0.3, 0.4) is 0 Å². The van der Waals surface area contributed by atoms with Gasteiger partial charge in [0.2, 0.25) is 0 Å². The Morgan fingerprint density at radius 1 is 1.36 bits per heavy atom. The Balaban J connectivity index is 3.20. The number of alkyl halides is 1. The van der Waals surface area contributed by atoms with E-state index in [0.717, 1.165) is 18.9 Å². The predicted octanol–water partition coefficient (Wildman–Crippen LogP) is 3.07. The Kier molecular flexibility index (Phi) is 8.54. The molecule has 0 aromatic rings. The third-order valence-corrected chi connectivity index (χ3v) is 2.31. The van der Waals surface area contributed by atoms with Gasteiger partial charge in [0.05, 0.1) is 0 Å². The van der Waals surface area contributed by atoms with Crippen molar-refractivity contribution in [2.24, 2.45) is 5.92 Å². The molecule has 0 aliphatic rings. The van der Waals surface area contributed by atoms with Gasteiger partial charge in [-0.2, -0.15) is 0 Å². The third-order valence-electron chi connectivity index (χ3n) is 1.88.